The van der Waals surface area contributed by atoms with Crippen molar-refractivity contribution in [3.8, 4) is 0 Å². The fourth-order valence-electron chi connectivity index (χ4n) is 1.95. The van der Waals surface area contributed by atoms with E-state index in [2.05, 4.69) is 20.9 Å². The molecule has 1 unspecified atom stereocenters. The number of aliphatic hydroxyl groups excluding tert-OH is 1. The van der Waals surface area contributed by atoms with Gasteiger partial charge < -0.3 is 21.1 Å². The Kier molecular flexibility index (Phi) is 10.6. The maximum atomic E-state index is 12.9. The van der Waals surface area contributed by atoms with Gasteiger partial charge in [0.2, 0.25) is 5.91 Å². The molecule has 0 spiro atoms. The number of hydrogen-bond acceptors (Lipinski definition) is 3. The number of aliphatic hydroxyl groups is 1. The van der Waals surface area contributed by atoms with Crippen molar-refractivity contribution in [3.63, 3.8) is 0 Å². The number of guanidine groups is 1. The van der Waals surface area contributed by atoms with Gasteiger partial charge in [-0.3, -0.25) is 4.79 Å². The van der Waals surface area contributed by atoms with Crippen LogP contribution in [0.3, 0.4) is 0 Å². The van der Waals surface area contributed by atoms with E-state index in [0.717, 1.165) is 0 Å². The highest BCUT2D eigenvalue weighted by molar-refractivity contribution is 14.0. The minimum Gasteiger partial charge on any atom is -0.387 e. The molecule has 4 N–H and O–H groups in total. The van der Waals surface area contributed by atoms with Crippen molar-refractivity contribution in [1.29, 1.82) is 0 Å². The summed E-state index contributed by atoms with van der Waals surface area (Å²) in [6.45, 7) is 8.41. The van der Waals surface area contributed by atoms with E-state index in [1.54, 1.807) is 0 Å². The summed E-state index contributed by atoms with van der Waals surface area (Å²) in [7, 11) is 0. The fraction of sp³-hybridized carbons (Fsp3) is 0.529. The summed E-state index contributed by atoms with van der Waals surface area (Å²) in [5.74, 6) is -0.0971. The predicted octanol–water partition coefficient (Wildman–Crippen LogP) is 1.95. The van der Waals surface area contributed by atoms with Crippen LogP contribution in [0.25, 0.3) is 0 Å². The molecule has 0 aliphatic carbocycles. The third-order valence-electron chi connectivity index (χ3n) is 2.96. The van der Waals surface area contributed by atoms with Gasteiger partial charge in [-0.15, -0.1) is 24.0 Å². The lowest BCUT2D eigenvalue weighted by atomic mass is 10.1. The predicted molar refractivity (Wildman–Crippen MR) is 109 cm³/mol. The van der Waals surface area contributed by atoms with Gasteiger partial charge in [0.25, 0.3) is 0 Å². The summed E-state index contributed by atoms with van der Waals surface area (Å²) >= 11 is 0. The first-order valence-corrected chi connectivity index (χ1v) is 7.98. The highest BCUT2D eigenvalue weighted by atomic mass is 127. The van der Waals surface area contributed by atoms with Crippen molar-refractivity contribution in [3.05, 3.63) is 35.6 Å². The van der Waals surface area contributed by atoms with E-state index in [1.165, 1.54) is 24.3 Å². The van der Waals surface area contributed by atoms with Crippen LogP contribution in [0.2, 0.25) is 0 Å². The number of carbonyl (C=O) groups excluding carboxylic acids is 1. The second-order valence-corrected chi connectivity index (χ2v) is 6.44. The van der Waals surface area contributed by atoms with E-state index in [-0.39, 0.29) is 54.3 Å². The average Bonchev–Trinajstić information content (AvgIpc) is 2.48. The van der Waals surface area contributed by atoms with Crippen molar-refractivity contribution >= 4 is 35.8 Å². The first-order chi connectivity index (χ1) is 11.2. The van der Waals surface area contributed by atoms with Crippen LogP contribution in [0.4, 0.5) is 4.39 Å². The van der Waals surface area contributed by atoms with Crippen LogP contribution < -0.4 is 16.0 Å². The first kappa shape index (κ1) is 23.6. The molecule has 1 atom stereocenters. The summed E-state index contributed by atoms with van der Waals surface area (Å²) in [4.78, 5) is 16.0. The van der Waals surface area contributed by atoms with Crippen LogP contribution in [-0.2, 0) is 4.79 Å². The number of nitrogens with one attached hydrogen (secondary N) is 3. The standard InChI is InChI=1S/C17H27FN4O2.HI/c1-5-19-16(21-11-15(24)22-17(2,3)4)20-10-14(23)12-6-8-13(18)9-7-12;/h6-9,14,23H,5,10-11H2,1-4H3,(H,22,24)(H2,19,20,21);1H. The second-order valence-electron chi connectivity index (χ2n) is 6.44. The van der Waals surface area contributed by atoms with E-state index in [0.29, 0.717) is 18.1 Å². The summed E-state index contributed by atoms with van der Waals surface area (Å²) in [5, 5.41) is 18.9. The van der Waals surface area contributed by atoms with Crippen molar-refractivity contribution in [2.24, 2.45) is 4.99 Å². The normalized spacial score (nSPS) is 12.8. The number of nitrogens with zero attached hydrogens (tertiary/aromatic N) is 1. The number of benzene rings is 1. The Morgan fingerprint density at radius 3 is 2.36 bits per heavy atom. The molecule has 0 aliphatic heterocycles. The Hall–Kier alpha value is -1.42. The molecule has 1 rings (SSSR count). The highest BCUT2D eigenvalue weighted by Crippen LogP contribution is 2.12. The molecule has 1 aromatic carbocycles. The molecule has 25 heavy (non-hydrogen) atoms. The van der Waals surface area contributed by atoms with Crippen molar-refractivity contribution in [2.75, 3.05) is 19.6 Å². The molecule has 142 valence electrons. The maximum absolute atomic E-state index is 12.9. The zero-order valence-corrected chi connectivity index (χ0v) is 17.4. The number of hydrogen-bond donors (Lipinski definition) is 4. The van der Waals surface area contributed by atoms with Gasteiger partial charge in [-0.25, -0.2) is 9.38 Å². The van der Waals surface area contributed by atoms with Crippen molar-refractivity contribution in [2.45, 2.75) is 39.3 Å². The fourth-order valence-corrected chi connectivity index (χ4v) is 1.95. The lowest BCUT2D eigenvalue weighted by molar-refractivity contribution is -0.121. The third-order valence-corrected chi connectivity index (χ3v) is 2.96. The van der Waals surface area contributed by atoms with E-state index in [9.17, 15) is 14.3 Å². The quantitative estimate of drug-likeness (QED) is 0.294. The summed E-state index contributed by atoms with van der Waals surface area (Å²) in [6.07, 6.45) is -0.808. The first-order valence-electron chi connectivity index (χ1n) is 7.98. The summed E-state index contributed by atoms with van der Waals surface area (Å²) in [5.41, 5.74) is 0.294. The number of rotatable bonds is 6. The molecule has 0 bridgehead atoms. The Morgan fingerprint density at radius 1 is 1.24 bits per heavy atom. The minimum absolute atomic E-state index is 0. The lowest BCUT2D eigenvalue weighted by Gasteiger charge is -2.20. The zero-order chi connectivity index (χ0) is 18.2. The van der Waals surface area contributed by atoms with E-state index < -0.39 is 6.10 Å². The lowest BCUT2D eigenvalue weighted by Crippen LogP contribution is -2.43. The van der Waals surface area contributed by atoms with Crippen LogP contribution in [0.1, 0.15) is 39.4 Å². The van der Waals surface area contributed by atoms with Crippen molar-refractivity contribution in [1.82, 2.24) is 16.0 Å². The van der Waals surface area contributed by atoms with E-state index >= 15 is 0 Å². The molecular weight excluding hydrogens is 438 g/mol. The van der Waals surface area contributed by atoms with Gasteiger partial charge >= 0.3 is 0 Å². The highest BCUT2D eigenvalue weighted by Gasteiger charge is 2.13. The van der Waals surface area contributed by atoms with Crippen LogP contribution in [0.15, 0.2) is 29.3 Å². The second kappa shape index (κ2) is 11.2. The molecule has 0 saturated carbocycles. The van der Waals surface area contributed by atoms with Gasteiger partial charge in [-0.2, -0.15) is 0 Å². The number of aliphatic imine (C=N–C) groups is 1. The molecule has 6 nitrogen and oxygen atoms in total. The summed E-state index contributed by atoms with van der Waals surface area (Å²) < 4.78 is 12.9. The van der Waals surface area contributed by atoms with E-state index in [1.807, 2.05) is 27.7 Å². The Balaban J connectivity index is 0.00000576. The Morgan fingerprint density at radius 2 is 1.84 bits per heavy atom. The molecule has 0 radical (unpaired) electrons. The largest absolute Gasteiger partial charge is 0.387 e. The average molecular weight is 466 g/mol. The smallest absolute Gasteiger partial charge is 0.242 e. The SMILES string of the molecule is CCNC(=NCC(=O)NC(C)(C)C)NCC(O)c1ccc(F)cc1.I. The van der Waals surface area contributed by atoms with Gasteiger partial charge in [0.15, 0.2) is 5.96 Å². The van der Waals surface area contributed by atoms with Gasteiger partial charge in [-0.1, -0.05) is 12.1 Å². The molecule has 0 heterocycles. The zero-order valence-electron chi connectivity index (χ0n) is 15.1. The Labute approximate surface area is 165 Å². The molecule has 1 amide bonds. The van der Waals surface area contributed by atoms with Crippen LogP contribution in [0, 0.1) is 5.82 Å². The molecule has 1 aromatic rings. The molecule has 0 fully saturated rings. The van der Waals surface area contributed by atoms with E-state index in [4.69, 9.17) is 0 Å². The topological polar surface area (TPSA) is 85.8 Å². The van der Waals surface area contributed by atoms with Gasteiger partial charge in [0.1, 0.15) is 12.4 Å². The molecule has 0 saturated heterocycles. The number of amides is 1. The number of carbonyl (C=O) groups is 1. The van der Waals surface area contributed by atoms with Gasteiger partial charge in [-0.05, 0) is 45.4 Å². The van der Waals surface area contributed by atoms with Crippen LogP contribution >= 0.6 is 24.0 Å². The van der Waals surface area contributed by atoms with Crippen molar-refractivity contribution < 1.29 is 14.3 Å². The van der Waals surface area contributed by atoms with Crippen LogP contribution in [-0.4, -0.2) is 42.1 Å². The van der Waals surface area contributed by atoms with Gasteiger partial charge in [0.05, 0.1) is 6.10 Å². The van der Waals surface area contributed by atoms with Gasteiger partial charge in [0, 0.05) is 18.6 Å². The molecule has 8 heteroatoms. The third kappa shape index (κ3) is 10.2. The maximum Gasteiger partial charge on any atom is 0.242 e. The number of halogens is 2. The molecule has 0 aromatic heterocycles. The summed E-state index contributed by atoms with van der Waals surface area (Å²) in [6, 6.07) is 5.66. The Bertz CT molecular complexity index is 559. The van der Waals surface area contributed by atoms with Crippen LogP contribution in [0.5, 0.6) is 0 Å². The monoisotopic (exact) mass is 466 g/mol. The minimum atomic E-state index is -0.808. The molecular formula is C17H28FIN4O2. The molecule has 0 aliphatic rings.